The van der Waals surface area contributed by atoms with Crippen LogP contribution < -0.4 is 16.0 Å². The maximum absolute atomic E-state index is 11.8. The molecule has 43 heavy (non-hydrogen) atoms. The summed E-state index contributed by atoms with van der Waals surface area (Å²) >= 11 is 0. The number of carbonyl (C=O) groups is 6. The molecule has 1 aromatic rings. The molecule has 1 rings (SSSR count). The highest BCUT2D eigenvalue weighted by Gasteiger charge is 2.26. The molecule has 1 aromatic heterocycles. The van der Waals surface area contributed by atoms with Gasteiger partial charge in [0.05, 0.1) is 26.4 Å². The highest BCUT2D eigenvalue weighted by Crippen LogP contribution is 2.00. The number of likely N-dealkylation sites (N-methyl/N-ethyl adjacent to an activating group) is 2. The molecule has 0 bridgehead atoms. The van der Waals surface area contributed by atoms with E-state index in [0.29, 0.717) is 13.2 Å². The number of hydrogen-bond donors (Lipinski definition) is 3. The van der Waals surface area contributed by atoms with Crippen molar-refractivity contribution in [2.45, 2.75) is 79.6 Å². The number of urea groups is 1. The average molecular weight is 617 g/mol. The summed E-state index contributed by atoms with van der Waals surface area (Å²) in [5, 5.41) is 7.70. The number of carbonyl (C=O) groups excluding carboxylic acids is 6. The van der Waals surface area contributed by atoms with Crippen LogP contribution in [-0.4, -0.2) is 115 Å². The zero-order valence-corrected chi connectivity index (χ0v) is 26.8. The van der Waals surface area contributed by atoms with Gasteiger partial charge in [-0.05, 0) is 62.4 Å². The minimum atomic E-state index is -0.774. The molecule has 3 N–H and O–H groups in total. The predicted molar refractivity (Wildman–Crippen MR) is 156 cm³/mol. The molecule has 0 aliphatic carbocycles. The maximum atomic E-state index is 11.8. The molecule has 4 atom stereocenters. The van der Waals surface area contributed by atoms with E-state index in [1.165, 1.54) is 42.2 Å². The summed E-state index contributed by atoms with van der Waals surface area (Å²) in [6.45, 7) is 14.5. The summed E-state index contributed by atoms with van der Waals surface area (Å²) in [7, 11) is 3.18. The lowest BCUT2D eigenvalue weighted by Gasteiger charge is -2.25. The highest BCUT2D eigenvalue weighted by molar-refractivity contribution is 5.86. The lowest BCUT2D eigenvalue weighted by atomic mass is 10.3. The molecule has 246 valence electrons. The molecule has 4 unspecified atom stereocenters. The molecule has 0 fully saturated rings. The Bertz CT molecular complexity index is 989. The summed E-state index contributed by atoms with van der Waals surface area (Å²) in [5.41, 5.74) is 0. The van der Waals surface area contributed by atoms with Crippen molar-refractivity contribution >= 4 is 35.9 Å². The molecule has 1 heterocycles. The smallest absolute Gasteiger partial charge is 0.328 e. The minimum Gasteiger partial charge on any atom is -0.465 e. The molecule has 0 saturated carbocycles. The van der Waals surface area contributed by atoms with E-state index in [1.54, 1.807) is 55.5 Å². The van der Waals surface area contributed by atoms with Gasteiger partial charge in [0.1, 0.15) is 30.5 Å². The van der Waals surface area contributed by atoms with E-state index < -0.39 is 48.1 Å². The zero-order chi connectivity index (χ0) is 33.5. The number of amides is 3. The van der Waals surface area contributed by atoms with Gasteiger partial charge in [-0.1, -0.05) is 0 Å². The van der Waals surface area contributed by atoms with Crippen molar-refractivity contribution in [1.29, 1.82) is 0 Å². The summed E-state index contributed by atoms with van der Waals surface area (Å²) < 4.78 is 20.3. The van der Waals surface area contributed by atoms with Crippen molar-refractivity contribution in [1.82, 2.24) is 30.4 Å². The SMILES string of the molecule is CCOC(=O)C(C)NC.CCOC(=O)C(C)NC(=O)N(C)C(C)C(=O)OCC.CCOC(=O)C(C)NC(=O)n1ccnc1. The second kappa shape index (κ2) is 23.4. The van der Waals surface area contributed by atoms with Crippen LogP contribution in [-0.2, 0) is 38.1 Å². The fourth-order valence-corrected chi connectivity index (χ4v) is 2.56. The zero-order valence-electron chi connectivity index (χ0n) is 26.8. The van der Waals surface area contributed by atoms with E-state index in [9.17, 15) is 28.8 Å². The van der Waals surface area contributed by atoms with Crippen LogP contribution in [0.4, 0.5) is 9.59 Å². The van der Waals surface area contributed by atoms with Gasteiger partial charge < -0.3 is 39.8 Å². The second-order valence-corrected chi connectivity index (χ2v) is 8.62. The Morgan fingerprint density at radius 3 is 1.53 bits per heavy atom. The van der Waals surface area contributed by atoms with Gasteiger partial charge in [-0.15, -0.1) is 0 Å². The van der Waals surface area contributed by atoms with Crippen LogP contribution in [0.5, 0.6) is 0 Å². The van der Waals surface area contributed by atoms with Crippen LogP contribution >= 0.6 is 0 Å². The monoisotopic (exact) mass is 616 g/mol. The van der Waals surface area contributed by atoms with Gasteiger partial charge in [0.25, 0.3) is 0 Å². The topological polar surface area (TPSA) is 196 Å². The fourth-order valence-electron chi connectivity index (χ4n) is 2.56. The average Bonchev–Trinajstić information content (AvgIpc) is 3.52. The van der Waals surface area contributed by atoms with Gasteiger partial charge in [0.2, 0.25) is 0 Å². The summed E-state index contributed by atoms with van der Waals surface area (Å²) in [4.78, 5) is 72.8. The van der Waals surface area contributed by atoms with E-state index in [4.69, 9.17) is 18.9 Å². The van der Waals surface area contributed by atoms with Crippen LogP contribution in [0.15, 0.2) is 18.7 Å². The third-order valence-corrected chi connectivity index (χ3v) is 5.30. The molecule has 0 aromatic carbocycles. The van der Waals surface area contributed by atoms with Crippen LogP contribution in [0.2, 0.25) is 0 Å². The molecule has 0 saturated heterocycles. The van der Waals surface area contributed by atoms with Gasteiger partial charge in [0.15, 0.2) is 0 Å². The molecular formula is C27H48N6O10. The first-order valence-corrected chi connectivity index (χ1v) is 13.9. The van der Waals surface area contributed by atoms with Gasteiger partial charge in [0, 0.05) is 19.4 Å². The number of rotatable bonds is 12. The van der Waals surface area contributed by atoms with Gasteiger partial charge in [-0.3, -0.25) is 9.36 Å². The number of ether oxygens (including phenoxy) is 4. The Morgan fingerprint density at radius 1 is 0.721 bits per heavy atom. The third kappa shape index (κ3) is 17.4. The first-order valence-electron chi connectivity index (χ1n) is 13.9. The van der Waals surface area contributed by atoms with Crippen LogP contribution in [0, 0.1) is 0 Å². The molecule has 0 spiro atoms. The Morgan fingerprint density at radius 2 is 1.14 bits per heavy atom. The quantitative estimate of drug-likeness (QED) is 0.224. The van der Waals surface area contributed by atoms with Crippen molar-refractivity contribution in [3.63, 3.8) is 0 Å². The summed E-state index contributed by atoms with van der Waals surface area (Å²) in [6.07, 6.45) is 4.33. The van der Waals surface area contributed by atoms with Gasteiger partial charge in [-0.25, -0.2) is 29.0 Å². The van der Waals surface area contributed by atoms with Crippen molar-refractivity contribution in [3.8, 4) is 0 Å². The van der Waals surface area contributed by atoms with E-state index in [-0.39, 0.29) is 25.2 Å². The van der Waals surface area contributed by atoms with Gasteiger partial charge in [-0.2, -0.15) is 0 Å². The number of esters is 4. The van der Waals surface area contributed by atoms with Crippen molar-refractivity contribution in [2.24, 2.45) is 0 Å². The Kier molecular flexibility index (Phi) is 22.2. The Labute approximate surface area is 253 Å². The number of imidazole rings is 1. The van der Waals surface area contributed by atoms with Gasteiger partial charge >= 0.3 is 35.9 Å². The maximum Gasteiger partial charge on any atom is 0.328 e. The van der Waals surface area contributed by atoms with E-state index in [1.807, 2.05) is 0 Å². The van der Waals surface area contributed by atoms with Crippen LogP contribution in [0.1, 0.15) is 55.4 Å². The fraction of sp³-hybridized carbons (Fsp3) is 0.667. The molecule has 0 aliphatic rings. The third-order valence-electron chi connectivity index (χ3n) is 5.30. The molecular weight excluding hydrogens is 568 g/mol. The van der Waals surface area contributed by atoms with Crippen LogP contribution in [0.3, 0.4) is 0 Å². The minimum absolute atomic E-state index is 0.190. The lowest BCUT2D eigenvalue weighted by molar-refractivity contribution is -0.147. The Balaban J connectivity index is 0. The number of hydrogen-bond acceptors (Lipinski definition) is 12. The van der Waals surface area contributed by atoms with Crippen molar-refractivity contribution in [2.75, 3.05) is 40.5 Å². The summed E-state index contributed by atoms with van der Waals surface area (Å²) in [5.74, 6) is -1.66. The summed E-state index contributed by atoms with van der Waals surface area (Å²) in [6, 6.07) is -3.31. The lowest BCUT2D eigenvalue weighted by Crippen LogP contribution is -2.50. The molecule has 16 heteroatoms. The van der Waals surface area contributed by atoms with Crippen LogP contribution in [0.25, 0.3) is 0 Å². The Hall–Kier alpha value is -4.21. The van der Waals surface area contributed by atoms with E-state index >= 15 is 0 Å². The van der Waals surface area contributed by atoms with E-state index in [0.717, 1.165) is 0 Å². The largest absolute Gasteiger partial charge is 0.465 e. The first kappa shape index (κ1) is 40.9. The number of nitrogens with one attached hydrogen (secondary N) is 3. The molecule has 0 radical (unpaired) electrons. The normalized spacial score (nSPS) is 12.6. The molecule has 0 aliphatic heterocycles. The predicted octanol–water partition coefficient (Wildman–Crippen LogP) is 1.08. The highest BCUT2D eigenvalue weighted by atomic mass is 16.5. The van der Waals surface area contributed by atoms with E-state index in [2.05, 4.69) is 20.9 Å². The number of nitrogens with zero attached hydrogens (tertiary/aromatic N) is 3. The standard InChI is InChI=1S/C12H22N2O5.C9H13N3O3.C6H13NO2/c1-6-18-10(15)8(3)13-12(17)14(5)9(4)11(16)19-7-2;1-3-15-8(13)7(2)11-9(14)12-5-4-10-6-12;1-4-9-6(8)5(2)7-3/h8-9H,6-7H2,1-5H3,(H,13,17);4-7H,3H2,1-2H3,(H,11,14);5,7H,4H2,1-3H3. The van der Waals surface area contributed by atoms with Crippen molar-refractivity contribution < 1.29 is 47.7 Å². The first-order chi connectivity index (χ1) is 20.2. The number of aromatic nitrogens is 2. The second-order valence-electron chi connectivity index (χ2n) is 8.62. The van der Waals surface area contributed by atoms with Crippen molar-refractivity contribution in [3.05, 3.63) is 18.7 Å². The molecule has 16 nitrogen and oxygen atoms in total. The molecule has 3 amide bonds.